The molecule has 0 spiro atoms. The average molecular weight is 457 g/mol. The highest BCUT2D eigenvalue weighted by Crippen LogP contribution is 2.39. The second kappa shape index (κ2) is 9.05. The maximum absolute atomic E-state index is 12.9. The van der Waals surface area contributed by atoms with Crippen molar-refractivity contribution in [1.29, 1.82) is 0 Å². The summed E-state index contributed by atoms with van der Waals surface area (Å²) in [5.74, 6) is -0.296. The predicted molar refractivity (Wildman–Crippen MR) is 122 cm³/mol. The second-order valence-electron chi connectivity index (χ2n) is 9.65. The number of amides is 1. The minimum Gasteiger partial charge on any atom is -0.479 e. The van der Waals surface area contributed by atoms with E-state index in [0.717, 1.165) is 11.4 Å². The fraction of sp³-hybridized carbons (Fsp3) is 0.542. The molecule has 1 aromatic carbocycles. The fourth-order valence-corrected chi connectivity index (χ4v) is 4.42. The lowest BCUT2D eigenvalue weighted by Crippen LogP contribution is -2.45. The molecule has 1 atom stereocenters. The van der Waals surface area contributed by atoms with Crippen molar-refractivity contribution < 1.29 is 24.2 Å². The number of aromatic nitrogens is 2. The van der Waals surface area contributed by atoms with Crippen molar-refractivity contribution in [3.8, 4) is 11.6 Å². The van der Waals surface area contributed by atoms with Gasteiger partial charge in [-0.1, -0.05) is 18.6 Å². The molecule has 1 aromatic heterocycles. The van der Waals surface area contributed by atoms with E-state index in [4.69, 9.17) is 20.3 Å². The Hall–Kier alpha value is -3.07. The van der Waals surface area contributed by atoms with E-state index >= 15 is 0 Å². The summed E-state index contributed by atoms with van der Waals surface area (Å²) < 4.78 is 12.9. The molecule has 2 aliphatic rings. The van der Waals surface area contributed by atoms with Gasteiger partial charge in [0.05, 0.1) is 23.0 Å². The molecular formula is C24H32N4O5. The fourth-order valence-electron chi connectivity index (χ4n) is 4.42. The molecule has 3 N–H and O–H groups in total. The third-order valence-electron chi connectivity index (χ3n) is 6.18. The van der Waals surface area contributed by atoms with Gasteiger partial charge < -0.3 is 20.3 Å². The summed E-state index contributed by atoms with van der Waals surface area (Å²) >= 11 is 0. The Labute approximate surface area is 193 Å². The first-order chi connectivity index (χ1) is 15.7. The maximum Gasteiger partial charge on any atom is 0.410 e. The molecule has 9 nitrogen and oxygen atoms in total. The van der Waals surface area contributed by atoms with Gasteiger partial charge in [0.2, 0.25) is 5.88 Å². The Morgan fingerprint density at radius 1 is 1.21 bits per heavy atom. The lowest BCUT2D eigenvalue weighted by Gasteiger charge is -2.36. The van der Waals surface area contributed by atoms with Crippen LogP contribution in [0.25, 0.3) is 5.69 Å². The molecule has 1 fully saturated rings. The van der Waals surface area contributed by atoms with Crippen molar-refractivity contribution >= 4 is 12.1 Å². The molecule has 1 amide bonds. The summed E-state index contributed by atoms with van der Waals surface area (Å²) in [5, 5.41) is 13.7. The molecule has 0 radical (unpaired) electrons. The summed E-state index contributed by atoms with van der Waals surface area (Å²) in [5.41, 5.74) is 9.14. The Balaban J connectivity index is 1.70. The van der Waals surface area contributed by atoms with E-state index in [0.29, 0.717) is 24.4 Å². The number of fused-ring (bicyclic) bond motifs is 1. The van der Waals surface area contributed by atoms with Gasteiger partial charge >= 0.3 is 12.1 Å². The van der Waals surface area contributed by atoms with E-state index in [2.05, 4.69) is 17.2 Å². The van der Waals surface area contributed by atoms with E-state index in [1.165, 1.54) is 24.8 Å². The van der Waals surface area contributed by atoms with Gasteiger partial charge in [0.1, 0.15) is 5.60 Å². The molecule has 2 heterocycles. The van der Waals surface area contributed by atoms with Gasteiger partial charge in [0, 0.05) is 19.5 Å². The van der Waals surface area contributed by atoms with Crippen LogP contribution in [0.4, 0.5) is 4.79 Å². The van der Waals surface area contributed by atoms with Crippen molar-refractivity contribution in [3.63, 3.8) is 0 Å². The van der Waals surface area contributed by atoms with Crippen molar-refractivity contribution in [3.05, 3.63) is 41.1 Å². The van der Waals surface area contributed by atoms with Crippen LogP contribution in [0.2, 0.25) is 0 Å². The zero-order valence-electron chi connectivity index (χ0n) is 19.4. The highest BCUT2D eigenvalue weighted by molar-refractivity contribution is 5.70. The largest absolute Gasteiger partial charge is 0.479 e. The summed E-state index contributed by atoms with van der Waals surface area (Å²) in [4.78, 5) is 25.6. The monoisotopic (exact) mass is 456 g/mol. The quantitative estimate of drug-likeness (QED) is 0.683. The van der Waals surface area contributed by atoms with Crippen molar-refractivity contribution in [2.75, 3.05) is 19.7 Å². The number of rotatable bonds is 6. The zero-order chi connectivity index (χ0) is 23.8. The number of nitrogens with two attached hydrogens (primary N) is 1. The minimum absolute atomic E-state index is 0.127. The SMILES string of the molecule is CC(C)(C)OC(=O)N1CCc2c(c(OCC(=O)O)nn2-c2ccc(C3CCC3)cc2)[C@@H]1CN. The topological polar surface area (TPSA) is 120 Å². The van der Waals surface area contributed by atoms with Gasteiger partial charge in [0.15, 0.2) is 6.61 Å². The molecule has 1 saturated carbocycles. The maximum atomic E-state index is 12.9. The average Bonchev–Trinajstić information content (AvgIpc) is 3.08. The Bertz CT molecular complexity index is 1020. The van der Waals surface area contributed by atoms with Crippen LogP contribution in [0.5, 0.6) is 5.88 Å². The number of ether oxygens (including phenoxy) is 2. The number of nitrogens with zero attached hydrogens (tertiary/aromatic N) is 3. The molecule has 178 valence electrons. The van der Waals surface area contributed by atoms with Crippen molar-refractivity contribution in [1.82, 2.24) is 14.7 Å². The summed E-state index contributed by atoms with van der Waals surface area (Å²) in [6.07, 6.45) is 3.77. The molecule has 1 aliphatic carbocycles. The van der Waals surface area contributed by atoms with Crippen molar-refractivity contribution in [2.45, 2.75) is 64.0 Å². The van der Waals surface area contributed by atoms with E-state index in [1.54, 1.807) is 9.58 Å². The van der Waals surface area contributed by atoms with Gasteiger partial charge in [-0.2, -0.15) is 0 Å². The molecule has 1 aliphatic heterocycles. The first-order valence-corrected chi connectivity index (χ1v) is 11.4. The Morgan fingerprint density at radius 3 is 2.45 bits per heavy atom. The lowest BCUT2D eigenvalue weighted by atomic mass is 9.80. The molecule has 0 unspecified atom stereocenters. The standard InChI is InChI=1S/C24H32N4O5/c1-24(2,3)33-23(31)27-12-11-18-21(19(27)13-25)22(32-14-20(29)30)26-28(18)17-9-7-16(8-10-17)15-5-4-6-15/h7-10,15,19H,4-6,11-14,25H2,1-3H3,(H,29,30)/t19-/m0/s1. The molecule has 0 bridgehead atoms. The second-order valence-corrected chi connectivity index (χ2v) is 9.65. The molecule has 2 aromatic rings. The number of carbonyl (C=O) groups is 2. The van der Waals surface area contributed by atoms with Crippen LogP contribution >= 0.6 is 0 Å². The van der Waals surface area contributed by atoms with Crippen molar-refractivity contribution in [2.24, 2.45) is 5.73 Å². The number of hydrogen-bond acceptors (Lipinski definition) is 6. The number of carbonyl (C=O) groups excluding carboxylic acids is 1. The van der Waals surface area contributed by atoms with E-state index in [-0.39, 0.29) is 12.4 Å². The summed E-state index contributed by atoms with van der Waals surface area (Å²) in [7, 11) is 0. The first kappa shape index (κ1) is 23.1. The summed E-state index contributed by atoms with van der Waals surface area (Å²) in [6.45, 7) is 5.43. The molecule has 9 heteroatoms. The normalized spacial score (nSPS) is 18.4. The van der Waals surface area contributed by atoms with E-state index in [9.17, 15) is 9.59 Å². The predicted octanol–water partition coefficient (Wildman–Crippen LogP) is 3.40. The van der Waals surface area contributed by atoms with E-state index < -0.39 is 30.3 Å². The number of benzene rings is 1. The van der Waals surface area contributed by atoms with E-state index in [1.807, 2.05) is 32.9 Å². The Kier molecular flexibility index (Phi) is 6.34. The van der Waals surface area contributed by atoms with Crippen LogP contribution in [0.15, 0.2) is 24.3 Å². The molecular weight excluding hydrogens is 424 g/mol. The highest BCUT2D eigenvalue weighted by atomic mass is 16.6. The van der Waals surface area contributed by atoms with Gasteiger partial charge in [-0.3, -0.25) is 4.90 Å². The number of hydrogen-bond donors (Lipinski definition) is 2. The third-order valence-corrected chi connectivity index (χ3v) is 6.18. The minimum atomic E-state index is -1.10. The van der Waals surface area contributed by atoms with Gasteiger partial charge in [-0.05, 0) is 57.2 Å². The van der Waals surface area contributed by atoms with Crippen LogP contribution in [0, 0.1) is 0 Å². The summed E-state index contributed by atoms with van der Waals surface area (Å²) in [6, 6.07) is 7.78. The smallest absolute Gasteiger partial charge is 0.410 e. The molecule has 33 heavy (non-hydrogen) atoms. The van der Waals surface area contributed by atoms with Crippen LogP contribution in [0.1, 0.15) is 68.8 Å². The van der Waals surface area contributed by atoms with Gasteiger partial charge in [-0.25, -0.2) is 14.3 Å². The van der Waals surface area contributed by atoms with Crippen LogP contribution in [-0.2, 0) is 16.0 Å². The Morgan fingerprint density at radius 2 is 1.91 bits per heavy atom. The van der Waals surface area contributed by atoms with Gasteiger partial charge in [0.25, 0.3) is 0 Å². The third kappa shape index (κ3) is 4.83. The highest BCUT2D eigenvalue weighted by Gasteiger charge is 2.38. The lowest BCUT2D eigenvalue weighted by molar-refractivity contribution is -0.139. The number of carboxylic acids is 1. The zero-order valence-corrected chi connectivity index (χ0v) is 19.4. The number of aliphatic carboxylic acids is 1. The van der Waals surface area contributed by atoms with Crippen LogP contribution in [0.3, 0.4) is 0 Å². The molecule has 4 rings (SSSR count). The van der Waals surface area contributed by atoms with Crippen LogP contribution < -0.4 is 10.5 Å². The van der Waals surface area contributed by atoms with Gasteiger partial charge in [-0.15, -0.1) is 5.10 Å². The number of carboxylic acid groups (broad SMARTS) is 1. The first-order valence-electron chi connectivity index (χ1n) is 11.4. The molecule has 0 saturated heterocycles. The van der Waals surface area contributed by atoms with Crippen LogP contribution in [-0.4, -0.2) is 57.1 Å².